The Morgan fingerprint density at radius 1 is 1.15 bits per heavy atom. The Morgan fingerprint density at radius 3 is 2.80 bits per heavy atom. The summed E-state index contributed by atoms with van der Waals surface area (Å²) in [6, 6.07) is 14.2. The molecule has 0 amide bonds. The molecule has 3 nitrogen and oxygen atoms in total. The van der Waals surface area contributed by atoms with Crippen LogP contribution in [0, 0.1) is 6.92 Å². The molecule has 0 bridgehead atoms. The van der Waals surface area contributed by atoms with Crippen molar-refractivity contribution in [3.8, 4) is 5.88 Å². The number of nitrogens with zero attached hydrogens (tertiary/aromatic N) is 1. The lowest BCUT2D eigenvalue weighted by Gasteiger charge is -2.07. The van der Waals surface area contributed by atoms with Crippen molar-refractivity contribution < 1.29 is 4.74 Å². The van der Waals surface area contributed by atoms with E-state index in [1.54, 1.807) is 6.20 Å². The molecular weight excluding hydrogens is 272 g/mol. The van der Waals surface area contributed by atoms with Crippen LogP contribution >= 0.6 is 12.4 Å². The maximum atomic E-state index is 5.53. The summed E-state index contributed by atoms with van der Waals surface area (Å²) < 4.78 is 5.53. The lowest BCUT2D eigenvalue weighted by Crippen LogP contribution is -2.17. The van der Waals surface area contributed by atoms with E-state index >= 15 is 0 Å². The van der Waals surface area contributed by atoms with E-state index in [4.69, 9.17) is 4.74 Å². The number of ether oxygens (including phenoxy) is 1. The smallest absolute Gasteiger partial charge is 0.213 e. The molecule has 0 saturated carbocycles. The van der Waals surface area contributed by atoms with E-state index in [1.165, 1.54) is 11.1 Å². The highest BCUT2D eigenvalue weighted by atomic mass is 35.5. The highest BCUT2D eigenvalue weighted by Gasteiger charge is 1.95. The van der Waals surface area contributed by atoms with Crippen LogP contribution in [0.25, 0.3) is 0 Å². The highest BCUT2D eigenvalue weighted by Crippen LogP contribution is 2.04. The minimum Gasteiger partial charge on any atom is -0.478 e. The van der Waals surface area contributed by atoms with Gasteiger partial charge in [-0.1, -0.05) is 35.9 Å². The van der Waals surface area contributed by atoms with Gasteiger partial charge in [0.1, 0.15) is 0 Å². The number of aromatic nitrogens is 1. The predicted octanol–water partition coefficient (Wildman–Crippen LogP) is 3.37. The van der Waals surface area contributed by atoms with Gasteiger partial charge in [-0.25, -0.2) is 4.98 Å². The Morgan fingerprint density at radius 2 is 2.05 bits per heavy atom. The number of aryl methyl sites for hydroxylation is 1. The number of benzene rings is 1. The first-order valence-electron chi connectivity index (χ1n) is 6.65. The second kappa shape index (κ2) is 9.34. The van der Waals surface area contributed by atoms with Crippen molar-refractivity contribution in [3.63, 3.8) is 0 Å². The molecule has 0 aliphatic rings. The fourth-order valence-electron chi connectivity index (χ4n) is 1.86. The number of rotatable bonds is 7. The molecule has 0 unspecified atom stereocenters. The molecule has 108 valence electrons. The second-order valence-electron chi connectivity index (χ2n) is 4.54. The monoisotopic (exact) mass is 292 g/mol. The third kappa shape index (κ3) is 6.04. The topological polar surface area (TPSA) is 34.1 Å². The maximum absolute atomic E-state index is 5.53. The predicted molar refractivity (Wildman–Crippen MR) is 84.5 cm³/mol. The summed E-state index contributed by atoms with van der Waals surface area (Å²) in [6.45, 7) is 4.66. The van der Waals surface area contributed by atoms with Gasteiger partial charge in [0, 0.05) is 18.8 Å². The van der Waals surface area contributed by atoms with Crippen LogP contribution in [0.2, 0.25) is 0 Å². The fraction of sp³-hybridized carbons (Fsp3) is 0.312. The first-order valence-corrected chi connectivity index (χ1v) is 6.65. The van der Waals surface area contributed by atoms with Crippen molar-refractivity contribution in [2.24, 2.45) is 0 Å². The van der Waals surface area contributed by atoms with Crippen LogP contribution in [-0.2, 0) is 6.54 Å². The minimum atomic E-state index is 0. The van der Waals surface area contributed by atoms with Gasteiger partial charge in [-0.3, -0.25) is 0 Å². The maximum Gasteiger partial charge on any atom is 0.213 e. The molecule has 1 heterocycles. The van der Waals surface area contributed by atoms with E-state index in [-0.39, 0.29) is 12.4 Å². The van der Waals surface area contributed by atoms with Gasteiger partial charge in [0.05, 0.1) is 6.61 Å². The third-order valence-electron chi connectivity index (χ3n) is 2.80. The van der Waals surface area contributed by atoms with Gasteiger partial charge >= 0.3 is 0 Å². The SMILES string of the molecule is Cc1cccc(CNCCCOc2ccccn2)c1.Cl. The largest absolute Gasteiger partial charge is 0.478 e. The summed E-state index contributed by atoms with van der Waals surface area (Å²) in [5.41, 5.74) is 2.63. The zero-order chi connectivity index (χ0) is 13.3. The van der Waals surface area contributed by atoms with Crippen LogP contribution in [0.3, 0.4) is 0 Å². The van der Waals surface area contributed by atoms with Gasteiger partial charge < -0.3 is 10.1 Å². The quantitative estimate of drug-likeness (QED) is 0.795. The zero-order valence-electron chi connectivity index (χ0n) is 11.7. The third-order valence-corrected chi connectivity index (χ3v) is 2.80. The number of nitrogens with one attached hydrogen (secondary N) is 1. The Kier molecular flexibility index (Phi) is 7.70. The van der Waals surface area contributed by atoms with Gasteiger partial charge in [0.25, 0.3) is 0 Å². The van der Waals surface area contributed by atoms with Crippen molar-refractivity contribution in [1.29, 1.82) is 0 Å². The number of hydrogen-bond donors (Lipinski definition) is 1. The molecule has 0 radical (unpaired) electrons. The van der Waals surface area contributed by atoms with E-state index in [2.05, 4.69) is 41.5 Å². The van der Waals surface area contributed by atoms with Crippen LogP contribution in [0.5, 0.6) is 5.88 Å². The summed E-state index contributed by atoms with van der Waals surface area (Å²) in [5.74, 6) is 0.696. The van der Waals surface area contributed by atoms with E-state index < -0.39 is 0 Å². The molecule has 0 aliphatic carbocycles. The first-order chi connectivity index (χ1) is 9.34. The van der Waals surface area contributed by atoms with Gasteiger partial charge in [0.15, 0.2) is 0 Å². The van der Waals surface area contributed by atoms with Crippen LogP contribution in [0.1, 0.15) is 17.5 Å². The summed E-state index contributed by atoms with van der Waals surface area (Å²) in [6.07, 6.45) is 2.72. The molecule has 4 heteroatoms. The first kappa shape index (κ1) is 16.5. The van der Waals surface area contributed by atoms with Crippen molar-refractivity contribution >= 4 is 12.4 Å². The van der Waals surface area contributed by atoms with Crippen molar-refractivity contribution in [2.75, 3.05) is 13.2 Å². The summed E-state index contributed by atoms with van der Waals surface area (Å²) in [5, 5.41) is 3.41. The minimum absolute atomic E-state index is 0. The summed E-state index contributed by atoms with van der Waals surface area (Å²) in [7, 11) is 0. The Balaban J connectivity index is 0.00000200. The van der Waals surface area contributed by atoms with E-state index in [0.717, 1.165) is 19.5 Å². The molecule has 0 spiro atoms. The summed E-state index contributed by atoms with van der Waals surface area (Å²) in [4.78, 5) is 4.11. The molecule has 0 fully saturated rings. The van der Waals surface area contributed by atoms with E-state index in [9.17, 15) is 0 Å². The lowest BCUT2D eigenvalue weighted by molar-refractivity contribution is 0.296. The molecule has 1 N–H and O–H groups in total. The Bertz CT molecular complexity index is 491. The van der Waals surface area contributed by atoms with E-state index in [1.807, 2.05) is 18.2 Å². The highest BCUT2D eigenvalue weighted by molar-refractivity contribution is 5.85. The van der Waals surface area contributed by atoms with Crippen molar-refractivity contribution in [1.82, 2.24) is 10.3 Å². The normalized spacial score (nSPS) is 9.85. The molecule has 20 heavy (non-hydrogen) atoms. The van der Waals surface area contributed by atoms with Crippen LogP contribution in [0.4, 0.5) is 0 Å². The number of halogens is 1. The molecule has 0 saturated heterocycles. The average molecular weight is 293 g/mol. The number of hydrogen-bond acceptors (Lipinski definition) is 3. The van der Waals surface area contributed by atoms with Crippen LogP contribution < -0.4 is 10.1 Å². The molecular formula is C16H21ClN2O. The van der Waals surface area contributed by atoms with Crippen LogP contribution in [0.15, 0.2) is 48.7 Å². The Hall–Kier alpha value is -1.58. The molecule has 2 aromatic rings. The van der Waals surface area contributed by atoms with Crippen LogP contribution in [-0.4, -0.2) is 18.1 Å². The van der Waals surface area contributed by atoms with Gasteiger partial charge in [0.2, 0.25) is 5.88 Å². The zero-order valence-corrected chi connectivity index (χ0v) is 12.5. The summed E-state index contributed by atoms with van der Waals surface area (Å²) >= 11 is 0. The van der Waals surface area contributed by atoms with Gasteiger partial charge in [-0.15, -0.1) is 12.4 Å². The van der Waals surface area contributed by atoms with Crippen molar-refractivity contribution in [2.45, 2.75) is 19.9 Å². The average Bonchev–Trinajstić information content (AvgIpc) is 2.44. The van der Waals surface area contributed by atoms with Crippen molar-refractivity contribution in [3.05, 3.63) is 59.8 Å². The standard InChI is InChI=1S/C16H20N2O.ClH/c1-14-6-4-7-15(12-14)13-17-9-5-11-19-16-8-2-3-10-18-16;/h2-4,6-8,10,12,17H,5,9,11,13H2,1H3;1H. The molecule has 0 aliphatic heterocycles. The molecule has 1 aromatic carbocycles. The molecule has 2 rings (SSSR count). The molecule has 0 atom stereocenters. The lowest BCUT2D eigenvalue weighted by atomic mass is 10.1. The second-order valence-corrected chi connectivity index (χ2v) is 4.54. The van der Waals surface area contributed by atoms with Gasteiger partial charge in [-0.2, -0.15) is 0 Å². The van der Waals surface area contributed by atoms with Gasteiger partial charge in [-0.05, 0) is 31.5 Å². The Labute approximate surface area is 126 Å². The van der Waals surface area contributed by atoms with E-state index in [0.29, 0.717) is 12.5 Å². The number of pyridine rings is 1. The fourth-order valence-corrected chi connectivity index (χ4v) is 1.86. The molecule has 1 aromatic heterocycles.